The topological polar surface area (TPSA) is 38.9 Å². The van der Waals surface area contributed by atoms with Crippen LogP contribution < -0.4 is 5.73 Å². The van der Waals surface area contributed by atoms with Gasteiger partial charge in [0.05, 0.1) is 5.02 Å². The summed E-state index contributed by atoms with van der Waals surface area (Å²) in [6.45, 7) is 18.2. The molecule has 1 heterocycles. The number of hydrogen-bond donors (Lipinski definition) is 1. The van der Waals surface area contributed by atoms with E-state index >= 15 is 0 Å². The molecule has 2 N–H and O–H groups in total. The van der Waals surface area contributed by atoms with E-state index in [1.165, 1.54) is 0 Å². The Labute approximate surface area is 129 Å². The molecule has 0 aliphatic carbocycles. The van der Waals surface area contributed by atoms with Crippen molar-refractivity contribution in [1.82, 2.24) is 4.98 Å². The van der Waals surface area contributed by atoms with E-state index in [9.17, 15) is 0 Å². The molecule has 1 aromatic heterocycles. The minimum absolute atomic E-state index is 0.424. The molecular weight excluding hydrogens is 268 g/mol. The predicted octanol–water partition coefficient (Wildman–Crippen LogP) is 5.99. The van der Waals surface area contributed by atoms with Gasteiger partial charge in [0, 0.05) is 11.8 Å². The van der Waals surface area contributed by atoms with Crippen LogP contribution in [0.4, 0.5) is 5.82 Å². The van der Waals surface area contributed by atoms with Gasteiger partial charge in [-0.3, -0.25) is 0 Å². The highest BCUT2D eigenvalue weighted by molar-refractivity contribution is 6.32. The van der Waals surface area contributed by atoms with Crippen molar-refractivity contribution in [1.29, 1.82) is 0 Å². The van der Waals surface area contributed by atoms with Crippen molar-refractivity contribution in [2.45, 2.75) is 48.5 Å². The molecule has 20 heavy (non-hydrogen) atoms. The Hall–Kier alpha value is -1.28. The Morgan fingerprint density at radius 1 is 1.30 bits per heavy atom. The van der Waals surface area contributed by atoms with Crippen molar-refractivity contribution in [2.24, 2.45) is 5.92 Å². The second-order valence-corrected chi connectivity index (χ2v) is 4.55. The van der Waals surface area contributed by atoms with Gasteiger partial charge >= 0.3 is 0 Å². The van der Waals surface area contributed by atoms with Crippen LogP contribution in [0.15, 0.2) is 30.5 Å². The summed E-state index contributed by atoms with van der Waals surface area (Å²) in [5.41, 5.74) is 8.68. The second kappa shape index (κ2) is 11.5. The molecule has 1 aromatic rings. The number of pyridine rings is 1. The summed E-state index contributed by atoms with van der Waals surface area (Å²) in [6.07, 6.45) is 3.60. The average molecular weight is 297 g/mol. The van der Waals surface area contributed by atoms with Crippen molar-refractivity contribution >= 4 is 23.0 Å². The first-order valence-corrected chi connectivity index (χ1v) is 7.58. The first kappa shape index (κ1) is 21.0. The molecule has 114 valence electrons. The molecule has 3 heteroatoms. The number of rotatable bonds is 3. The maximum Gasteiger partial charge on any atom is 0.123 e. The standard InChI is InChI=1S/C13H17ClN2.2C2H6/c1-8(2)9(3)5-10(4)11-6-13(15)16-7-12(11)14;2*1-2/h5-8H,3H2,1-2,4H3,(H2,15,16);2*1-2H3/b10-5+;;. The molecule has 0 saturated heterocycles. The summed E-state index contributed by atoms with van der Waals surface area (Å²) in [5.74, 6) is 0.898. The Morgan fingerprint density at radius 2 is 1.80 bits per heavy atom. The number of aromatic nitrogens is 1. The third-order valence-corrected chi connectivity index (χ3v) is 2.75. The zero-order valence-corrected chi connectivity index (χ0v) is 14.7. The fourth-order valence-corrected chi connectivity index (χ4v) is 1.53. The van der Waals surface area contributed by atoms with E-state index in [0.717, 1.165) is 16.7 Å². The largest absolute Gasteiger partial charge is 0.384 e. The van der Waals surface area contributed by atoms with E-state index in [1.54, 1.807) is 12.3 Å². The van der Waals surface area contributed by atoms with Gasteiger partial charge in [-0.1, -0.05) is 71.4 Å². The first-order chi connectivity index (χ1) is 9.41. The Morgan fingerprint density at radius 3 is 2.25 bits per heavy atom. The Bertz CT molecular complexity index is 435. The average Bonchev–Trinajstić information content (AvgIpc) is 2.45. The van der Waals surface area contributed by atoms with Crippen molar-refractivity contribution in [3.05, 3.63) is 41.1 Å². The number of anilines is 1. The van der Waals surface area contributed by atoms with E-state index in [-0.39, 0.29) is 0 Å². The molecule has 0 fully saturated rings. The molecule has 0 bridgehead atoms. The number of nitrogens with two attached hydrogens (primary N) is 1. The van der Waals surface area contributed by atoms with Crippen LogP contribution >= 0.6 is 11.6 Å². The van der Waals surface area contributed by atoms with Gasteiger partial charge in [0.25, 0.3) is 0 Å². The predicted molar refractivity (Wildman–Crippen MR) is 94.0 cm³/mol. The third-order valence-electron chi connectivity index (χ3n) is 2.44. The third kappa shape index (κ3) is 7.34. The van der Waals surface area contributed by atoms with Gasteiger partial charge in [-0.15, -0.1) is 0 Å². The van der Waals surface area contributed by atoms with E-state index in [4.69, 9.17) is 17.3 Å². The van der Waals surface area contributed by atoms with Crippen LogP contribution in [0.3, 0.4) is 0 Å². The van der Waals surface area contributed by atoms with Crippen molar-refractivity contribution in [3.8, 4) is 0 Å². The molecule has 0 spiro atoms. The van der Waals surface area contributed by atoms with E-state index < -0.39 is 0 Å². The van der Waals surface area contributed by atoms with Crippen LogP contribution in [0.25, 0.3) is 5.57 Å². The molecule has 0 aromatic carbocycles. The molecule has 0 atom stereocenters. The van der Waals surface area contributed by atoms with Gasteiger partial charge in [-0.05, 0) is 24.5 Å². The highest BCUT2D eigenvalue weighted by Crippen LogP contribution is 2.26. The normalized spacial score (nSPS) is 10.2. The number of hydrogen-bond acceptors (Lipinski definition) is 2. The first-order valence-electron chi connectivity index (χ1n) is 7.20. The lowest BCUT2D eigenvalue weighted by molar-refractivity contribution is 0.795. The number of nitrogen functional groups attached to an aromatic ring is 1. The Kier molecular flexibility index (Phi) is 12.1. The van der Waals surface area contributed by atoms with E-state index in [1.807, 2.05) is 40.7 Å². The second-order valence-electron chi connectivity index (χ2n) is 4.15. The van der Waals surface area contributed by atoms with Gasteiger partial charge < -0.3 is 5.73 Å². The fourth-order valence-electron chi connectivity index (χ4n) is 1.28. The highest BCUT2D eigenvalue weighted by Gasteiger charge is 2.05. The monoisotopic (exact) mass is 296 g/mol. The minimum atomic E-state index is 0.424. The summed E-state index contributed by atoms with van der Waals surface area (Å²) in [4.78, 5) is 3.93. The van der Waals surface area contributed by atoms with Gasteiger partial charge in [0.2, 0.25) is 0 Å². The molecule has 1 rings (SSSR count). The van der Waals surface area contributed by atoms with Gasteiger partial charge in [-0.25, -0.2) is 4.98 Å². The SMILES string of the molecule is C=C(/C=C(\C)c1cc(N)ncc1Cl)C(C)C.CC.CC. The summed E-state index contributed by atoms with van der Waals surface area (Å²) in [5, 5.41) is 0.611. The quantitative estimate of drug-likeness (QED) is 0.696. The lowest BCUT2D eigenvalue weighted by Crippen LogP contribution is -1.94. The van der Waals surface area contributed by atoms with Crippen LogP contribution in [0.5, 0.6) is 0 Å². The summed E-state index contributed by atoms with van der Waals surface area (Å²) in [7, 11) is 0. The van der Waals surface area contributed by atoms with Gasteiger partial charge in [-0.2, -0.15) is 0 Å². The Balaban J connectivity index is 0. The number of allylic oxidation sites excluding steroid dienone is 3. The number of halogens is 1. The smallest absolute Gasteiger partial charge is 0.123 e. The minimum Gasteiger partial charge on any atom is -0.384 e. The zero-order valence-electron chi connectivity index (χ0n) is 13.9. The molecule has 2 nitrogen and oxygen atoms in total. The number of nitrogens with zero attached hydrogens (tertiary/aromatic N) is 1. The molecule has 0 radical (unpaired) electrons. The van der Waals surface area contributed by atoms with Crippen LogP contribution in [0.1, 0.15) is 54.0 Å². The fraction of sp³-hybridized carbons (Fsp3) is 0.471. The maximum absolute atomic E-state index is 6.07. The summed E-state index contributed by atoms with van der Waals surface area (Å²) >= 11 is 6.07. The van der Waals surface area contributed by atoms with Crippen LogP contribution in [0, 0.1) is 5.92 Å². The van der Waals surface area contributed by atoms with Crippen molar-refractivity contribution in [3.63, 3.8) is 0 Å². The van der Waals surface area contributed by atoms with Crippen molar-refractivity contribution in [2.75, 3.05) is 5.73 Å². The molecule has 0 unspecified atom stereocenters. The lowest BCUT2D eigenvalue weighted by Gasteiger charge is -2.08. The summed E-state index contributed by atoms with van der Waals surface area (Å²) in [6, 6.07) is 1.78. The highest BCUT2D eigenvalue weighted by atomic mass is 35.5. The summed E-state index contributed by atoms with van der Waals surface area (Å²) < 4.78 is 0. The van der Waals surface area contributed by atoms with E-state index in [2.05, 4.69) is 25.4 Å². The van der Waals surface area contributed by atoms with Crippen LogP contribution in [-0.2, 0) is 0 Å². The lowest BCUT2D eigenvalue weighted by atomic mass is 10.00. The molecule has 0 aliphatic heterocycles. The molecule has 0 amide bonds. The molecule has 0 aliphatic rings. The van der Waals surface area contributed by atoms with Crippen molar-refractivity contribution < 1.29 is 0 Å². The van der Waals surface area contributed by atoms with Gasteiger partial charge in [0.15, 0.2) is 0 Å². The van der Waals surface area contributed by atoms with Crippen LogP contribution in [-0.4, -0.2) is 4.98 Å². The maximum atomic E-state index is 6.07. The molecule has 0 saturated carbocycles. The van der Waals surface area contributed by atoms with E-state index in [0.29, 0.717) is 16.8 Å². The van der Waals surface area contributed by atoms with Crippen LogP contribution in [0.2, 0.25) is 5.02 Å². The zero-order chi connectivity index (χ0) is 16.3. The molecular formula is C17H29ClN2. The van der Waals surface area contributed by atoms with Gasteiger partial charge in [0.1, 0.15) is 5.82 Å².